The lowest BCUT2D eigenvalue weighted by Gasteiger charge is -2.34. The second-order valence-corrected chi connectivity index (χ2v) is 10.2. The molecule has 1 aliphatic rings. The molecular weight excluding hydrogens is 428 g/mol. The molecule has 0 radical (unpaired) electrons. The molecule has 34 heavy (non-hydrogen) atoms. The number of aromatic nitrogens is 3. The van der Waals surface area contributed by atoms with E-state index in [-0.39, 0.29) is 23.4 Å². The highest BCUT2D eigenvalue weighted by Gasteiger charge is 2.27. The van der Waals surface area contributed by atoms with Gasteiger partial charge in [0.1, 0.15) is 11.3 Å². The third kappa shape index (κ3) is 4.81. The molecule has 0 aliphatic carbocycles. The Hall–Kier alpha value is -3.29. The van der Waals surface area contributed by atoms with Crippen LogP contribution in [0.15, 0.2) is 30.5 Å². The Balaban J connectivity index is 1.71. The summed E-state index contributed by atoms with van der Waals surface area (Å²) in [5.41, 5.74) is 2.81. The van der Waals surface area contributed by atoms with Gasteiger partial charge in [-0.15, -0.1) is 0 Å². The average molecular weight is 465 g/mol. The molecule has 1 fully saturated rings. The van der Waals surface area contributed by atoms with E-state index in [1.807, 2.05) is 29.5 Å². The topological polar surface area (TPSA) is 86.5 Å². The third-order valence-corrected chi connectivity index (χ3v) is 6.57. The van der Waals surface area contributed by atoms with Gasteiger partial charge in [-0.25, -0.2) is 4.98 Å². The fourth-order valence-corrected chi connectivity index (χ4v) is 4.57. The summed E-state index contributed by atoms with van der Waals surface area (Å²) in [6, 6.07) is 8.51. The maximum absolute atomic E-state index is 11.7. The lowest BCUT2D eigenvalue weighted by Crippen LogP contribution is -2.48. The molecule has 8 heteroatoms. The molecule has 0 bridgehead atoms. The van der Waals surface area contributed by atoms with Crippen LogP contribution in [0.25, 0.3) is 10.9 Å². The third-order valence-electron chi connectivity index (χ3n) is 6.57. The number of aromatic hydroxyl groups is 1. The van der Waals surface area contributed by atoms with Gasteiger partial charge in [-0.05, 0) is 52.2 Å². The zero-order chi connectivity index (χ0) is 24.6. The molecule has 4 rings (SSSR count). The predicted molar refractivity (Wildman–Crippen MR) is 137 cm³/mol. The maximum Gasteiger partial charge on any atom is 0.228 e. The van der Waals surface area contributed by atoms with Crippen molar-refractivity contribution >= 4 is 28.6 Å². The molecule has 3 aromatic rings. The van der Waals surface area contributed by atoms with Crippen molar-refractivity contribution in [1.29, 1.82) is 0 Å². The van der Waals surface area contributed by atoms with Crippen molar-refractivity contribution in [3.8, 4) is 5.88 Å². The summed E-state index contributed by atoms with van der Waals surface area (Å²) < 4.78 is 1.83. The van der Waals surface area contributed by atoms with Gasteiger partial charge >= 0.3 is 0 Å². The Bertz CT molecular complexity index is 1190. The van der Waals surface area contributed by atoms with E-state index in [2.05, 4.69) is 55.3 Å². The summed E-state index contributed by atoms with van der Waals surface area (Å²) >= 11 is 0. The van der Waals surface area contributed by atoms with Gasteiger partial charge < -0.3 is 24.8 Å². The first-order valence-electron chi connectivity index (χ1n) is 12.0. The Morgan fingerprint density at radius 2 is 1.82 bits per heavy atom. The van der Waals surface area contributed by atoms with Crippen LogP contribution >= 0.6 is 0 Å². The van der Waals surface area contributed by atoms with Crippen LogP contribution < -0.4 is 10.2 Å². The number of nitrogens with zero attached hydrogens (tertiary/aromatic N) is 5. The lowest BCUT2D eigenvalue weighted by molar-refractivity contribution is -0.129. The summed E-state index contributed by atoms with van der Waals surface area (Å²) in [5.74, 6) is 1.52. The van der Waals surface area contributed by atoms with Crippen LogP contribution in [0.1, 0.15) is 51.8 Å². The zero-order valence-corrected chi connectivity index (χ0v) is 21.1. The molecule has 1 amide bonds. The van der Waals surface area contributed by atoms with E-state index in [1.165, 1.54) is 11.1 Å². The minimum atomic E-state index is -0.284. The number of amides is 1. The first-order chi connectivity index (χ1) is 16.1. The number of hydrogen-bond acceptors (Lipinski definition) is 6. The molecule has 1 aromatic carbocycles. The highest BCUT2D eigenvalue weighted by atomic mass is 16.3. The number of nitrogens with one attached hydrogen (secondary N) is 1. The predicted octanol–water partition coefficient (Wildman–Crippen LogP) is 4.13. The van der Waals surface area contributed by atoms with Crippen LogP contribution in [-0.2, 0) is 11.2 Å². The van der Waals surface area contributed by atoms with Gasteiger partial charge in [-0.3, -0.25) is 4.79 Å². The SMILES string of the molecule is CC(=O)N1CCN(c2nc(NC(C)(C)Cc3ccccc3C)c3cn(C(C)C)c(O)c3n2)CC1. The molecule has 8 nitrogen and oxygen atoms in total. The van der Waals surface area contributed by atoms with Crippen molar-refractivity contribution in [1.82, 2.24) is 19.4 Å². The summed E-state index contributed by atoms with van der Waals surface area (Å²) in [7, 11) is 0. The van der Waals surface area contributed by atoms with Crippen molar-refractivity contribution in [2.24, 2.45) is 0 Å². The van der Waals surface area contributed by atoms with Crippen molar-refractivity contribution in [2.45, 2.75) is 59.5 Å². The summed E-state index contributed by atoms with van der Waals surface area (Å²) in [5, 5.41) is 15.4. The Morgan fingerprint density at radius 1 is 1.15 bits per heavy atom. The Morgan fingerprint density at radius 3 is 2.44 bits per heavy atom. The summed E-state index contributed by atoms with van der Waals surface area (Å²) in [4.78, 5) is 25.4. The number of carbonyl (C=O) groups is 1. The number of rotatable bonds is 6. The van der Waals surface area contributed by atoms with Crippen molar-refractivity contribution in [3.05, 3.63) is 41.6 Å². The Kier molecular flexibility index (Phi) is 6.43. The molecule has 0 spiro atoms. The van der Waals surface area contributed by atoms with Gasteiger partial charge in [0.25, 0.3) is 0 Å². The maximum atomic E-state index is 11.7. The van der Waals surface area contributed by atoms with Crippen molar-refractivity contribution in [2.75, 3.05) is 36.4 Å². The average Bonchev–Trinajstić information content (AvgIpc) is 3.12. The largest absolute Gasteiger partial charge is 0.493 e. The second-order valence-electron chi connectivity index (χ2n) is 10.2. The van der Waals surface area contributed by atoms with Crippen LogP contribution in [0.5, 0.6) is 5.88 Å². The van der Waals surface area contributed by atoms with Crippen LogP contribution in [0.4, 0.5) is 11.8 Å². The number of fused-ring (bicyclic) bond motifs is 1. The number of piperazine rings is 1. The van der Waals surface area contributed by atoms with E-state index >= 15 is 0 Å². The lowest BCUT2D eigenvalue weighted by atomic mass is 9.92. The second kappa shape index (κ2) is 9.16. The molecular formula is C26H36N6O2. The molecule has 2 aromatic heterocycles. The van der Waals surface area contributed by atoms with E-state index in [0.29, 0.717) is 43.5 Å². The normalized spacial score (nSPS) is 14.8. The molecule has 0 saturated carbocycles. The molecule has 0 atom stereocenters. The number of hydrogen-bond donors (Lipinski definition) is 2. The Labute approximate surface area is 201 Å². The first kappa shape index (κ1) is 23.9. The van der Waals surface area contributed by atoms with Crippen LogP contribution in [0.2, 0.25) is 0 Å². The highest BCUT2D eigenvalue weighted by molar-refractivity contribution is 5.94. The number of benzene rings is 1. The van der Waals surface area contributed by atoms with E-state index in [4.69, 9.17) is 9.97 Å². The van der Waals surface area contributed by atoms with Crippen LogP contribution in [0.3, 0.4) is 0 Å². The number of carbonyl (C=O) groups excluding carboxylic acids is 1. The van der Waals surface area contributed by atoms with E-state index < -0.39 is 0 Å². The van der Waals surface area contributed by atoms with Gasteiger partial charge in [0.15, 0.2) is 0 Å². The molecule has 3 heterocycles. The van der Waals surface area contributed by atoms with Gasteiger partial charge in [0.2, 0.25) is 17.7 Å². The van der Waals surface area contributed by atoms with Crippen molar-refractivity contribution < 1.29 is 9.90 Å². The zero-order valence-electron chi connectivity index (χ0n) is 21.1. The summed E-state index contributed by atoms with van der Waals surface area (Å²) in [6.45, 7) is 14.7. The van der Waals surface area contributed by atoms with Gasteiger partial charge in [-0.2, -0.15) is 4.98 Å². The van der Waals surface area contributed by atoms with Crippen molar-refractivity contribution in [3.63, 3.8) is 0 Å². The van der Waals surface area contributed by atoms with Gasteiger partial charge in [0, 0.05) is 50.9 Å². The van der Waals surface area contributed by atoms with E-state index in [1.54, 1.807) is 6.92 Å². The summed E-state index contributed by atoms with van der Waals surface area (Å²) in [6.07, 6.45) is 2.76. The molecule has 0 unspecified atom stereocenters. The quantitative estimate of drug-likeness (QED) is 0.571. The standard InChI is InChI=1S/C26H36N6O2/c1-17(2)32-16-21-22(24(32)34)27-25(31-13-11-30(12-14-31)19(4)33)28-23(21)29-26(5,6)15-20-10-8-7-9-18(20)3/h7-10,16-17,34H,11-15H2,1-6H3,(H,27,28,29). The minimum Gasteiger partial charge on any atom is -0.493 e. The number of anilines is 2. The minimum absolute atomic E-state index is 0.0861. The van der Waals surface area contributed by atoms with Gasteiger partial charge in [-0.1, -0.05) is 24.3 Å². The first-order valence-corrected chi connectivity index (χ1v) is 12.0. The molecule has 1 saturated heterocycles. The highest BCUT2D eigenvalue weighted by Crippen LogP contribution is 2.35. The fraction of sp³-hybridized carbons (Fsp3) is 0.500. The molecule has 2 N–H and O–H groups in total. The monoisotopic (exact) mass is 464 g/mol. The van der Waals surface area contributed by atoms with Crippen LogP contribution in [0, 0.1) is 6.92 Å². The van der Waals surface area contributed by atoms with E-state index in [9.17, 15) is 9.90 Å². The smallest absolute Gasteiger partial charge is 0.228 e. The number of aryl methyl sites for hydroxylation is 1. The molecule has 1 aliphatic heterocycles. The van der Waals surface area contributed by atoms with Gasteiger partial charge in [0.05, 0.1) is 5.39 Å². The van der Waals surface area contributed by atoms with E-state index in [0.717, 1.165) is 11.8 Å². The van der Waals surface area contributed by atoms with Crippen LogP contribution in [-0.4, -0.2) is 62.2 Å². The molecule has 182 valence electrons. The fourth-order valence-electron chi connectivity index (χ4n) is 4.57.